The summed E-state index contributed by atoms with van der Waals surface area (Å²) in [5.74, 6) is -0.181. The number of ether oxygens (including phenoxy) is 2. The first-order chi connectivity index (χ1) is 7.41. The number of aliphatic hydroxyl groups excluding tert-OH is 1. The van der Waals surface area contributed by atoms with Gasteiger partial charge in [0.25, 0.3) is 0 Å². The Morgan fingerprint density at radius 2 is 2.06 bits per heavy atom. The lowest BCUT2D eigenvalue weighted by molar-refractivity contribution is -0.287. The van der Waals surface area contributed by atoms with Gasteiger partial charge in [-0.2, -0.15) is 0 Å². The van der Waals surface area contributed by atoms with E-state index in [1.807, 2.05) is 0 Å². The second kappa shape index (κ2) is 3.57. The lowest BCUT2D eigenvalue weighted by Gasteiger charge is -2.16. The largest absolute Gasteiger partial charge is 0.586 e. The zero-order valence-corrected chi connectivity index (χ0v) is 8.48. The van der Waals surface area contributed by atoms with Gasteiger partial charge in [-0.15, -0.1) is 8.78 Å². The molecule has 6 heteroatoms. The number of alkyl halides is 2. The normalized spacial score (nSPS) is 20.6. The molecule has 0 spiro atoms. The van der Waals surface area contributed by atoms with Crippen LogP contribution in [0.1, 0.15) is 18.5 Å². The van der Waals surface area contributed by atoms with Gasteiger partial charge in [-0.1, -0.05) is 12.1 Å². The van der Waals surface area contributed by atoms with E-state index in [2.05, 4.69) is 9.47 Å². The summed E-state index contributed by atoms with van der Waals surface area (Å²) in [4.78, 5) is 0. The molecule has 0 radical (unpaired) electrons. The molecular weight excluding hydrogens is 220 g/mol. The van der Waals surface area contributed by atoms with Crippen molar-refractivity contribution in [2.45, 2.75) is 25.4 Å². The van der Waals surface area contributed by atoms with Crippen molar-refractivity contribution in [2.24, 2.45) is 5.73 Å². The Kier molecular flexibility index (Phi) is 2.47. The number of halogens is 2. The highest BCUT2D eigenvalue weighted by Crippen LogP contribution is 2.45. The molecule has 0 aromatic heterocycles. The minimum absolute atomic E-state index is 0.0707. The van der Waals surface area contributed by atoms with Gasteiger partial charge in [0.05, 0.1) is 12.1 Å². The van der Waals surface area contributed by atoms with Gasteiger partial charge in [0.2, 0.25) is 0 Å². The molecule has 1 aromatic carbocycles. The van der Waals surface area contributed by atoms with Crippen LogP contribution in [0.15, 0.2) is 18.2 Å². The van der Waals surface area contributed by atoms with Crippen LogP contribution in [0.2, 0.25) is 0 Å². The topological polar surface area (TPSA) is 64.7 Å². The third kappa shape index (κ3) is 1.81. The van der Waals surface area contributed by atoms with E-state index in [9.17, 15) is 13.9 Å². The van der Waals surface area contributed by atoms with Gasteiger partial charge < -0.3 is 20.3 Å². The molecule has 2 atom stereocenters. The van der Waals surface area contributed by atoms with Crippen LogP contribution < -0.4 is 15.2 Å². The molecule has 0 unspecified atom stereocenters. The van der Waals surface area contributed by atoms with E-state index in [0.717, 1.165) is 0 Å². The Bertz CT molecular complexity index is 409. The quantitative estimate of drug-likeness (QED) is 0.807. The fourth-order valence-corrected chi connectivity index (χ4v) is 1.51. The summed E-state index contributed by atoms with van der Waals surface area (Å²) in [5, 5.41) is 9.33. The van der Waals surface area contributed by atoms with Crippen LogP contribution >= 0.6 is 0 Å². The monoisotopic (exact) mass is 231 g/mol. The zero-order valence-electron chi connectivity index (χ0n) is 8.48. The van der Waals surface area contributed by atoms with Crippen molar-refractivity contribution in [2.75, 3.05) is 0 Å². The summed E-state index contributed by atoms with van der Waals surface area (Å²) < 4.78 is 34.3. The summed E-state index contributed by atoms with van der Waals surface area (Å²) in [5.41, 5.74) is 5.96. The molecule has 16 heavy (non-hydrogen) atoms. The van der Waals surface area contributed by atoms with Crippen LogP contribution in [-0.4, -0.2) is 17.5 Å². The minimum atomic E-state index is -3.67. The van der Waals surface area contributed by atoms with Gasteiger partial charge in [0.1, 0.15) is 0 Å². The number of para-hydroxylation sites is 1. The van der Waals surface area contributed by atoms with Gasteiger partial charge in [0.15, 0.2) is 11.5 Å². The van der Waals surface area contributed by atoms with Crippen molar-refractivity contribution in [1.82, 2.24) is 0 Å². The summed E-state index contributed by atoms with van der Waals surface area (Å²) in [6, 6.07) is 3.59. The molecule has 1 aliphatic heterocycles. The Morgan fingerprint density at radius 3 is 2.69 bits per heavy atom. The first-order valence-electron chi connectivity index (χ1n) is 4.73. The molecule has 0 saturated carbocycles. The molecule has 0 aliphatic carbocycles. The summed E-state index contributed by atoms with van der Waals surface area (Å²) in [7, 11) is 0. The lowest BCUT2D eigenvalue weighted by atomic mass is 10.0. The van der Waals surface area contributed by atoms with Crippen LogP contribution in [0, 0.1) is 0 Å². The van der Waals surface area contributed by atoms with Crippen molar-refractivity contribution in [3.8, 4) is 11.5 Å². The predicted octanol–water partition coefficient (Wildman–Crippen LogP) is 1.39. The Hall–Kier alpha value is -1.40. The first kappa shape index (κ1) is 11.1. The number of aliphatic hydroxyl groups is 1. The fraction of sp³-hybridized carbons (Fsp3) is 0.400. The highest BCUT2D eigenvalue weighted by Gasteiger charge is 2.45. The van der Waals surface area contributed by atoms with Crippen LogP contribution in [0.5, 0.6) is 11.5 Å². The molecule has 4 nitrogen and oxygen atoms in total. The lowest BCUT2D eigenvalue weighted by Crippen LogP contribution is -2.27. The van der Waals surface area contributed by atoms with E-state index < -0.39 is 18.4 Å². The van der Waals surface area contributed by atoms with Crippen molar-refractivity contribution in [3.05, 3.63) is 23.8 Å². The molecule has 0 amide bonds. The Labute approximate surface area is 90.6 Å². The SMILES string of the molecule is C[C@H](O)[C@H](N)c1cccc2c1OC(F)(F)O2. The van der Waals surface area contributed by atoms with Crippen LogP contribution in [0.25, 0.3) is 0 Å². The number of rotatable bonds is 2. The second-order valence-electron chi connectivity index (χ2n) is 3.61. The fourth-order valence-electron chi connectivity index (χ4n) is 1.51. The minimum Gasteiger partial charge on any atom is -0.395 e. The van der Waals surface area contributed by atoms with Crippen molar-refractivity contribution < 1.29 is 23.4 Å². The molecule has 0 saturated heterocycles. The summed E-state index contributed by atoms with van der Waals surface area (Å²) in [6.45, 7) is 1.47. The number of hydrogen-bond acceptors (Lipinski definition) is 4. The first-order valence-corrected chi connectivity index (χ1v) is 4.73. The Balaban J connectivity index is 2.41. The number of hydrogen-bond donors (Lipinski definition) is 2. The maximum absolute atomic E-state index is 12.8. The van der Waals surface area contributed by atoms with Crippen molar-refractivity contribution in [3.63, 3.8) is 0 Å². The van der Waals surface area contributed by atoms with E-state index in [-0.39, 0.29) is 11.5 Å². The third-order valence-corrected chi connectivity index (χ3v) is 2.34. The van der Waals surface area contributed by atoms with E-state index >= 15 is 0 Å². The second-order valence-corrected chi connectivity index (χ2v) is 3.61. The van der Waals surface area contributed by atoms with Gasteiger partial charge in [-0.25, -0.2) is 0 Å². The highest BCUT2D eigenvalue weighted by atomic mass is 19.3. The molecule has 0 fully saturated rings. The van der Waals surface area contributed by atoms with Crippen LogP contribution in [-0.2, 0) is 0 Å². The molecule has 88 valence electrons. The van der Waals surface area contributed by atoms with E-state index in [4.69, 9.17) is 5.73 Å². The molecule has 2 rings (SSSR count). The molecule has 0 bridgehead atoms. The number of fused-ring (bicyclic) bond motifs is 1. The zero-order chi connectivity index (χ0) is 11.9. The van der Waals surface area contributed by atoms with Gasteiger partial charge in [0, 0.05) is 5.56 Å². The van der Waals surface area contributed by atoms with E-state index in [1.165, 1.54) is 25.1 Å². The smallest absolute Gasteiger partial charge is 0.395 e. The molecule has 1 heterocycles. The van der Waals surface area contributed by atoms with Crippen molar-refractivity contribution >= 4 is 0 Å². The van der Waals surface area contributed by atoms with E-state index in [1.54, 1.807) is 0 Å². The number of nitrogens with two attached hydrogens (primary N) is 1. The molecule has 3 N–H and O–H groups in total. The highest BCUT2D eigenvalue weighted by molar-refractivity contribution is 5.50. The number of benzene rings is 1. The maximum atomic E-state index is 12.8. The summed E-state index contributed by atoms with van der Waals surface area (Å²) in [6.07, 6.45) is -4.54. The predicted molar refractivity (Wildman–Crippen MR) is 51.3 cm³/mol. The van der Waals surface area contributed by atoms with Crippen molar-refractivity contribution in [1.29, 1.82) is 0 Å². The van der Waals surface area contributed by atoms with Crippen LogP contribution in [0.3, 0.4) is 0 Å². The average molecular weight is 231 g/mol. The standard InChI is InChI=1S/C10H11F2NO3/c1-5(14)8(13)6-3-2-4-7-9(6)16-10(11,12)15-7/h2-5,8,14H,13H2,1H3/t5-,8-/m0/s1. The molecule has 1 aromatic rings. The van der Waals surface area contributed by atoms with Gasteiger partial charge in [-0.3, -0.25) is 0 Å². The summed E-state index contributed by atoms with van der Waals surface area (Å²) >= 11 is 0. The van der Waals surface area contributed by atoms with Gasteiger partial charge in [-0.05, 0) is 13.0 Å². The van der Waals surface area contributed by atoms with Crippen LogP contribution in [0.4, 0.5) is 8.78 Å². The molecular formula is C10H11F2NO3. The maximum Gasteiger partial charge on any atom is 0.586 e. The van der Waals surface area contributed by atoms with Gasteiger partial charge >= 0.3 is 6.29 Å². The Morgan fingerprint density at radius 1 is 1.38 bits per heavy atom. The third-order valence-electron chi connectivity index (χ3n) is 2.34. The average Bonchev–Trinajstić information content (AvgIpc) is 2.49. The van der Waals surface area contributed by atoms with E-state index in [0.29, 0.717) is 5.56 Å². The molecule has 1 aliphatic rings.